The topological polar surface area (TPSA) is 18.5 Å². The van der Waals surface area contributed by atoms with Crippen LogP contribution in [-0.2, 0) is 9.47 Å². The van der Waals surface area contributed by atoms with Crippen LogP contribution in [0.2, 0.25) is 0 Å². The molecule has 41 valence electrons. The molecule has 0 aromatic heterocycles. The van der Waals surface area contributed by atoms with E-state index >= 15 is 0 Å². The van der Waals surface area contributed by atoms with Crippen LogP contribution in [0, 0.1) is 0 Å². The van der Waals surface area contributed by atoms with E-state index in [4.69, 9.17) is 11.6 Å². The van der Waals surface area contributed by atoms with Crippen molar-refractivity contribution in [2.45, 2.75) is 4.87 Å². The van der Waals surface area contributed by atoms with Gasteiger partial charge in [0, 0.05) is 14.2 Å². The molecule has 0 unspecified atom stereocenters. The molecular formula is C3H6ClO2Si. The van der Waals surface area contributed by atoms with Crippen molar-refractivity contribution in [2.24, 2.45) is 0 Å². The monoisotopic (exact) mass is 137 g/mol. The first-order valence-corrected chi connectivity index (χ1v) is 2.54. The van der Waals surface area contributed by atoms with E-state index in [9.17, 15) is 0 Å². The highest BCUT2D eigenvalue weighted by Gasteiger charge is 2.16. The molecule has 0 amide bonds. The van der Waals surface area contributed by atoms with Crippen LogP contribution in [0.4, 0.5) is 0 Å². The molecule has 0 N–H and O–H groups in total. The van der Waals surface area contributed by atoms with Crippen molar-refractivity contribution in [3.05, 3.63) is 0 Å². The maximum Gasteiger partial charge on any atom is 0.217 e. The SMILES string of the molecule is COC([Si])(Cl)OC. The van der Waals surface area contributed by atoms with Gasteiger partial charge in [0.25, 0.3) is 0 Å². The Bertz CT molecular complexity index is 50.9. The van der Waals surface area contributed by atoms with E-state index in [1.807, 2.05) is 0 Å². The van der Waals surface area contributed by atoms with E-state index in [0.29, 0.717) is 0 Å². The highest BCUT2D eigenvalue weighted by molar-refractivity contribution is 6.42. The second kappa shape index (κ2) is 2.67. The Morgan fingerprint density at radius 3 is 1.71 bits per heavy atom. The number of hydrogen-bond acceptors (Lipinski definition) is 2. The highest BCUT2D eigenvalue weighted by atomic mass is 35.5. The predicted octanol–water partition coefficient (Wildman–Crippen LogP) is 0.298. The maximum atomic E-state index is 5.37. The van der Waals surface area contributed by atoms with Crippen molar-refractivity contribution in [2.75, 3.05) is 14.2 Å². The van der Waals surface area contributed by atoms with Crippen LogP contribution in [0.25, 0.3) is 0 Å². The summed E-state index contributed by atoms with van der Waals surface area (Å²) in [4.78, 5) is -1.14. The second-order valence-electron chi connectivity index (χ2n) is 0.945. The van der Waals surface area contributed by atoms with Crippen molar-refractivity contribution in [3.8, 4) is 0 Å². The van der Waals surface area contributed by atoms with Crippen molar-refractivity contribution >= 4 is 21.8 Å². The summed E-state index contributed by atoms with van der Waals surface area (Å²) in [5, 5.41) is 0. The number of alkyl halides is 1. The molecule has 0 fully saturated rings. The van der Waals surface area contributed by atoms with Crippen LogP contribution in [-0.4, -0.2) is 29.3 Å². The normalized spacial score (nSPS) is 12.0. The second-order valence-corrected chi connectivity index (χ2v) is 2.42. The quantitative estimate of drug-likeness (QED) is 0.310. The van der Waals surface area contributed by atoms with Gasteiger partial charge in [-0.2, -0.15) is 0 Å². The summed E-state index contributed by atoms with van der Waals surface area (Å²) < 4.78 is 9.09. The van der Waals surface area contributed by atoms with Gasteiger partial charge < -0.3 is 9.47 Å². The molecule has 7 heavy (non-hydrogen) atoms. The van der Waals surface area contributed by atoms with Crippen LogP contribution in [0.5, 0.6) is 0 Å². The summed E-state index contributed by atoms with van der Waals surface area (Å²) >= 11 is 5.37. The van der Waals surface area contributed by atoms with Crippen molar-refractivity contribution < 1.29 is 9.47 Å². The molecule has 0 aromatic carbocycles. The van der Waals surface area contributed by atoms with E-state index in [0.717, 1.165) is 0 Å². The van der Waals surface area contributed by atoms with E-state index in [1.165, 1.54) is 14.2 Å². The Morgan fingerprint density at radius 1 is 1.43 bits per heavy atom. The zero-order chi connectivity index (χ0) is 5.91. The molecular weight excluding hydrogens is 132 g/mol. The van der Waals surface area contributed by atoms with Gasteiger partial charge >= 0.3 is 0 Å². The lowest BCUT2D eigenvalue weighted by Gasteiger charge is -2.16. The highest BCUT2D eigenvalue weighted by Crippen LogP contribution is 2.09. The van der Waals surface area contributed by atoms with E-state index in [2.05, 4.69) is 19.7 Å². The Hall–Kier alpha value is 0.427. The van der Waals surface area contributed by atoms with E-state index in [-0.39, 0.29) is 0 Å². The summed E-state index contributed by atoms with van der Waals surface area (Å²) in [5.41, 5.74) is 0. The summed E-state index contributed by atoms with van der Waals surface area (Å²) in [5.74, 6) is 0. The van der Waals surface area contributed by atoms with Crippen molar-refractivity contribution in [1.29, 1.82) is 0 Å². The third kappa shape index (κ3) is 3.05. The zero-order valence-corrected chi connectivity index (χ0v) is 5.95. The fraction of sp³-hybridized carbons (Fsp3) is 1.00. The lowest BCUT2D eigenvalue weighted by Crippen LogP contribution is -2.25. The third-order valence-electron chi connectivity index (χ3n) is 0.525. The average molecular weight is 138 g/mol. The van der Waals surface area contributed by atoms with Crippen LogP contribution in [0.15, 0.2) is 0 Å². The molecule has 0 aliphatic heterocycles. The number of rotatable bonds is 2. The van der Waals surface area contributed by atoms with Gasteiger partial charge in [0.2, 0.25) is 4.87 Å². The summed E-state index contributed by atoms with van der Waals surface area (Å²) in [7, 11) is 5.82. The van der Waals surface area contributed by atoms with Gasteiger partial charge in [0.05, 0.1) is 0 Å². The van der Waals surface area contributed by atoms with Gasteiger partial charge in [-0.25, -0.2) is 0 Å². The largest absolute Gasteiger partial charge is 0.345 e. The molecule has 0 heterocycles. The molecule has 0 spiro atoms. The lowest BCUT2D eigenvalue weighted by atomic mass is 11.3. The van der Waals surface area contributed by atoms with E-state index < -0.39 is 4.87 Å². The minimum absolute atomic E-state index is 1.14. The van der Waals surface area contributed by atoms with Crippen LogP contribution in [0.3, 0.4) is 0 Å². The van der Waals surface area contributed by atoms with Gasteiger partial charge in [-0.1, -0.05) is 11.6 Å². The molecule has 0 aromatic rings. The number of halogens is 1. The van der Waals surface area contributed by atoms with Crippen LogP contribution < -0.4 is 0 Å². The Morgan fingerprint density at radius 2 is 1.71 bits per heavy atom. The van der Waals surface area contributed by atoms with Crippen molar-refractivity contribution in [1.82, 2.24) is 0 Å². The van der Waals surface area contributed by atoms with Crippen LogP contribution in [0.1, 0.15) is 0 Å². The number of ether oxygens (including phenoxy) is 2. The Kier molecular flexibility index (Phi) is 2.83. The fourth-order valence-electron chi connectivity index (χ4n) is 0.0833. The third-order valence-corrected chi connectivity index (χ3v) is 1.24. The van der Waals surface area contributed by atoms with Gasteiger partial charge in [0.15, 0.2) is 0 Å². The molecule has 0 aliphatic carbocycles. The summed E-state index contributed by atoms with van der Waals surface area (Å²) in [6.45, 7) is 0. The first-order valence-electron chi connectivity index (χ1n) is 1.66. The first-order chi connectivity index (χ1) is 3.12. The molecule has 0 rings (SSSR count). The molecule has 0 bridgehead atoms. The maximum absolute atomic E-state index is 5.37. The Labute approximate surface area is 51.2 Å². The number of hydrogen-bond donors (Lipinski definition) is 0. The van der Waals surface area contributed by atoms with Gasteiger partial charge in [0.1, 0.15) is 10.2 Å². The molecule has 3 radical (unpaired) electrons. The summed E-state index contributed by atoms with van der Waals surface area (Å²) in [6.07, 6.45) is 0. The molecule has 4 heteroatoms. The molecule has 0 saturated carbocycles. The Balaban J connectivity index is 3.36. The van der Waals surface area contributed by atoms with Gasteiger partial charge in [-0.3, -0.25) is 0 Å². The summed E-state index contributed by atoms with van der Waals surface area (Å²) in [6, 6.07) is 0. The first kappa shape index (κ1) is 7.43. The average Bonchev–Trinajstić information content (AvgIpc) is 1.68. The predicted molar refractivity (Wildman–Crippen MR) is 28.4 cm³/mol. The number of methoxy groups -OCH3 is 2. The fourth-order valence-corrected chi connectivity index (χ4v) is 0.0833. The molecule has 0 aliphatic rings. The van der Waals surface area contributed by atoms with Crippen LogP contribution >= 0.6 is 11.6 Å². The van der Waals surface area contributed by atoms with Gasteiger partial charge in [-0.05, 0) is 0 Å². The van der Waals surface area contributed by atoms with E-state index in [1.54, 1.807) is 0 Å². The minimum atomic E-state index is -1.14. The zero-order valence-electron chi connectivity index (χ0n) is 4.19. The molecule has 0 saturated heterocycles. The van der Waals surface area contributed by atoms with Crippen molar-refractivity contribution in [3.63, 3.8) is 0 Å². The van der Waals surface area contributed by atoms with Gasteiger partial charge in [-0.15, -0.1) is 0 Å². The standard InChI is InChI=1S/C3H6ClO2Si/c1-5-3(4,7)6-2/h1-2H3. The minimum Gasteiger partial charge on any atom is -0.345 e. The molecule has 0 atom stereocenters. The lowest BCUT2D eigenvalue weighted by molar-refractivity contribution is -0.0773. The smallest absolute Gasteiger partial charge is 0.217 e. The molecule has 2 nitrogen and oxygen atoms in total.